The number of hydrogen-bond acceptors (Lipinski definition) is 6. The zero-order valence-electron chi connectivity index (χ0n) is 18.1. The number of ketones is 2. The third-order valence-electron chi connectivity index (χ3n) is 4.85. The molecule has 0 aliphatic rings. The van der Waals surface area contributed by atoms with Crippen LogP contribution in [0.15, 0.2) is 48.5 Å². The van der Waals surface area contributed by atoms with E-state index in [4.69, 9.17) is 5.73 Å². The van der Waals surface area contributed by atoms with Gasteiger partial charge < -0.3 is 21.3 Å². The second kappa shape index (κ2) is 9.62. The third-order valence-corrected chi connectivity index (χ3v) is 4.85. The van der Waals surface area contributed by atoms with E-state index >= 15 is 0 Å². The number of nitrogens with two attached hydrogens (primary N) is 1. The Morgan fingerprint density at radius 2 is 1.20 bits per heavy atom. The Morgan fingerprint density at radius 3 is 1.50 bits per heavy atom. The molecule has 2 aromatic rings. The van der Waals surface area contributed by atoms with E-state index in [1.807, 2.05) is 24.3 Å². The van der Waals surface area contributed by atoms with Gasteiger partial charge in [0, 0.05) is 11.1 Å². The van der Waals surface area contributed by atoms with E-state index in [1.54, 1.807) is 24.3 Å². The van der Waals surface area contributed by atoms with Gasteiger partial charge in [-0.1, -0.05) is 48.5 Å². The molecule has 0 aliphatic carbocycles. The second-order valence-corrected chi connectivity index (χ2v) is 8.55. The van der Waals surface area contributed by atoms with Crippen LogP contribution in [0.3, 0.4) is 0 Å². The maximum atomic E-state index is 12.3. The molecule has 2 rings (SSSR count). The van der Waals surface area contributed by atoms with Crippen molar-refractivity contribution in [2.45, 2.75) is 51.4 Å². The molecular formula is C24H32N2O4. The first-order chi connectivity index (χ1) is 13.9. The van der Waals surface area contributed by atoms with Gasteiger partial charge in [0.1, 0.15) is 11.2 Å². The van der Waals surface area contributed by atoms with E-state index in [2.05, 4.69) is 5.32 Å². The molecule has 162 valence electrons. The molecular weight excluding hydrogens is 380 g/mol. The molecule has 6 heteroatoms. The normalized spacial score (nSPS) is 12.3. The Morgan fingerprint density at radius 1 is 0.833 bits per heavy atom. The highest BCUT2D eigenvalue weighted by Gasteiger charge is 2.26. The van der Waals surface area contributed by atoms with Crippen LogP contribution in [0.5, 0.6) is 0 Å². The number of hydrogen-bond donors (Lipinski definition) is 4. The molecule has 0 aromatic heterocycles. The van der Waals surface area contributed by atoms with Crippen LogP contribution in [-0.2, 0) is 0 Å². The van der Waals surface area contributed by atoms with Crippen molar-refractivity contribution in [3.63, 3.8) is 0 Å². The van der Waals surface area contributed by atoms with E-state index in [-0.39, 0.29) is 17.6 Å². The van der Waals surface area contributed by atoms with Gasteiger partial charge >= 0.3 is 0 Å². The minimum atomic E-state index is -1.43. The average Bonchev–Trinajstić information content (AvgIpc) is 2.69. The molecule has 0 heterocycles. The zero-order chi connectivity index (χ0) is 22.5. The standard InChI is InChI=1S/C24H32N2O4/c1-23(2,29)21(27)18-10-6-16(7-11-18)20(26-15-5-14-25)17-8-12-19(13-9-17)22(28)24(3,4)30/h6-13,20,26,29-30H,5,14-15,25H2,1-4H3. The molecule has 0 saturated carbocycles. The van der Waals surface area contributed by atoms with Gasteiger partial charge in [-0.05, 0) is 58.3 Å². The second-order valence-electron chi connectivity index (χ2n) is 8.55. The number of nitrogens with one attached hydrogen (secondary N) is 1. The first-order valence-electron chi connectivity index (χ1n) is 10.1. The lowest BCUT2D eigenvalue weighted by Gasteiger charge is -2.22. The lowest BCUT2D eigenvalue weighted by atomic mass is 9.91. The molecule has 5 N–H and O–H groups in total. The van der Waals surface area contributed by atoms with Crippen molar-refractivity contribution in [1.82, 2.24) is 5.32 Å². The SMILES string of the molecule is CC(C)(O)C(=O)c1ccc(C(NCCCN)c2ccc(C(=O)C(C)(C)O)cc2)cc1. The molecule has 0 saturated heterocycles. The van der Waals surface area contributed by atoms with Crippen molar-refractivity contribution in [3.8, 4) is 0 Å². The van der Waals surface area contributed by atoms with Crippen LogP contribution in [0.1, 0.15) is 72.0 Å². The number of rotatable bonds is 10. The molecule has 0 bridgehead atoms. The highest BCUT2D eigenvalue weighted by Crippen LogP contribution is 2.25. The fourth-order valence-corrected chi connectivity index (χ4v) is 3.14. The monoisotopic (exact) mass is 412 g/mol. The molecule has 0 amide bonds. The topological polar surface area (TPSA) is 113 Å². The van der Waals surface area contributed by atoms with Crippen molar-refractivity contribution >= 4 is 11.6 Å². The first-order valence-corrected chi connectivity index (χ1v) is 10.1. The van der Waals surface area contributed by atoms with Gasteiger partial charge in [0.05, 0.1) is 6.04 Å². The van der Waals surface area contributed by atoms with Crippen LogP contribution in [0.2, 0.25) is 0 Å². The van der Waals surface area contributed by atoms with Crippen molar-refractivity contribution in [1.29, 1.82) is 0 Å². The Balaban J connectivity index is 2.32. The molecule has 0 aliphatic heterocycles. The van der Waals surface area contributed by atoms with Crippen LogP contribution in [0.25, 0.3) is 0 Å². The van der Waals surface area contributed by atoms with E-state index in [0.29, 0.717) is 24.2 Å². The van der Waals surface area contributed by atoms with Crippen molar-refractivity contribution in [2.24, 2.45) is 5.73 Å². The lowest BCUT2D eigenvalue weighted by molar-refractivity contribution is 0.0487. The highest BCUT2D eigenvalue weighted by atomic mass is 16.3. The van der Waals surface area contributed by atoms with E-state index in [9.17, 15) is 19.8 Å². The van der Waals surface area contributed by atoms with E-state index in [1.165, 1.54) is 27.7 Å². The summed E-state index contributed by atoms with van der Waals surface area (Å²) in [6, 6.07) is 14.1. The largest absolute Gasteiger partial charge is 0.382 e. The summed E-state index contributed by atoms with van der Waals surface area (Å²) in [6.45, 7) is 7.15. The zero-order valence-corrected chi connectivity index (χ0v) is 18.1. The summed E-state index contributed by atoms with van der Waals surface area (Å²) in [5.74, 6) is -0.674. The lowest BCUT2D eigenvalue weighted by Crippen LogP contribution is -2.31. The summed E-state index contributed by atoms with van der Waals surface area (Å²) in [5, 5.41) is 23.4. The summed E-state index contributed by atoms with van der Waals surface area (Å²) in [6.07, 6.45) is 0.807. The van der Waals surface area contributed by atoms with Crippen LogP contribution in [-0.4, -0.2) is 46.1 Å². The fraction of sp³-hybridized carbons (Fsp3) is 0.417. The van der Waals surface area contributed by atoms with Crippen molar-refractivity contribution in [3.05, 3.63) is 70.8 Å². The summed E-state index contributed by atoms with van der Waals surface area (Å²) in [4.78, 5) is 24.6. The minimum Gasteiger partial charge on any atom is -0.382 e. The van der Waals surface area contributed by atoms with Crippen LogP contribution in [0.4, 0.5) is 0 Å². The van der Waals surface area contributed by atoms with Gasteiger partial charge in [0.2, 0.25) is 0 Å². The summed E-state index contributed by atoms with van der Waals surface area (Å²) in [7, 11) is 0. The van der Waals surface area contributed by atoms with Gasteiger partial charge in [-0.25, -0.2) is 0 Å². The Kier molecular flexibility index (Phi) is 7.66. The predicted octanol–water partition coefficient (Wildman–Crippen LogP) is 2.62. The summed E-state index contributed by atoms with van der Waals surface area (Å²) < 4.78 is 0. The maximum Gasteiger partial charge on any atom is 0.193 e. The molecule has 30 heavy (non-hydrogen) atoms. The van der Waals surface area contributed by atoms with Gasteiger partial charge in [-0.2, -0.15) is 0 Å². The Labute approximate surface area is 178 Å². The molecule has 0 spiro atoms. The minimum absolute atomic E-state index is 0.158. The predicted molar refractivity (Wildman–Crippen MR) is 118 cm³/mol. The highest BCUT2D eigenvalue weighted by molar-refractivity contribution is 6.02. The maximum absolute atomic E-state index is 12.3. The van der Waals surface area contributed by atoms with Gasteiger partial charge in [-0.15, -0.1) is 0 Å². The number of carbonyl (C=O) groups is 2. The Bertz CT molecular complexity index is 791. The molecule has 0 fully saturated rings. The molecule has 0 radical (unpaired) electrons. The summed E-state index contributed by atoms with van der Waals surface area (Å²) in [5.41, 5.74) is 5.54. The van der Waals surface area contributed by atoms with Gasteiger partial charge in [0.15, 0.2) is 11.6 Å². The van der Waals surface area contributed by atoms with Crippen LogP contribution in [0, 0.1) is 0 Å². The van der Waals surface area contributed by atoms with Gasteiger partial charge in [0.25, 0.3) is 0 Å². The van der Waals surface area contributed by atoms with Crippen LogP contribution < -0.4 is 11.1 Å². The molecule has 0 atom stereocenters. The van der Waals surface area contributed by atoms with Gasteiger partial charge in [-0.3, -0.25) is 9.59 Å². The first kappa shape index (κ1) is 23.9. The Hall–Kier alpha value is -2.38. The number of carbonyl (C=O) groups excluding carboxylic acids is 2. The number of aliphatic hydroxyl groups is 2. The molecule has 0 unspecified atom stereocenters. The van der Waals surface area contributed by atoms with E-state index < -0.39 is 11.2 Å². The third kappa shape index (κ3) is 6.06. The van der Waals surface area contributed by atoms with Crippen molar-refractivity contribution < 1.29 is 19.8 Å². The average molecular weight is 413 g/mol. The van der Waals surface area contributed by atoms with E-state index in [0.717, 1.165) is 17.5 Å². The van der Waals surface area contributed by atoms with Crippen LogP contribution >= 0.6 is 0 Å². The number of Topliss-reactive ketones (excluding diaryl/α,β-unsaturated/α-hetero) is 2. The fourth-order valence-electron chi connectivity index (χ4n) is 3.14. The number of benzene rings is 2. The quantitative estimate of drug-likeness (QED) is 0.352. The molecule has 6 nitrogen and oxygen atoms in total. The van der Waals surface area contributed by atoms with Crippen molar-refractivity contribution in [2.75, 3.05) is 13.1 Å². The summed E-state index contributed by atoms with van der Waals surface area (Å²) >= 11 is 0. The smallest absolute Gasteiger partial charge is 0.193 e. The molecule has 2 aromatic carbocycles.